The molecule has 1 aromatic rings. The Morgan fingerprint density at radius 1 is 1.25 bits per heavy atom. The maximum Gasteiger partial charge on any atom is 0.338 e. The molecule has 0 aliphatic heterocycles. The number of esters is 1. The van der Waals surface area contributed by atoms with Crippen LogP contribution in [-0.2, 0) is 9.53 Å². The van der Waals surface area contributed by atoms with Crippen LogP contribution < -0.4 is 11.1 Å². The Hall–Kier alpha value is -1.88. The van der Waals surface area contributed by atoms with Gasteiger partial charge in [-0.2, -0.15) is 0 Å². The third-order valence-corrected chi connectivity index (χ3v) is 2.85. The van der Waals surface area contributed by atoms with Crippen molar-refractivity contribution in [3.8, 4) is 0 Å². The second-order valence-electron chi connectivity index (χ2n) is 4.97. The van der Waals surface area contributed by atoms with E-state index in [1.165, 1.54) is 0 Å². The molecule has 1 aromatic carbocycles. The lowest BCUT2D eigenvalue weighted by Crippen LogP contribution is -2.39. The SMILES string of the molecule is CCCOC(=O)c1ccc(NC(=O)[C@H](N)C(C)C)cc1. The van der Waals surface area contributed by atoms with Crippen LogP contribution in [-0.4, -0.2) is 24.5 Å². The second kappa shape index (κ2) is 7.65. The zero-order valence-electron chi connectivity index (χ0n) is 12.2. The van der Waals surface area contributed by atoms with Gasteiger partial charge in [0, 0.05) is 5.69 Å². The number of ether oxygens (including phenoxy) is 1. The fourth-order valence-corrected chi connectivity index (χ4v) is 1.50. The number of carbonyl (C=O) groups is 2. The Balaban J connectivity index is 2.63. The Morgan fingerprint density at radius 3 is 2.35 bits per heavy atom. The van der Waals surface area contributed by atoms with Gasteiger partial charge < -0.3 is 15.8 Å². The van der Waals surface area contributed by atoms with Crippen molar-refractivity contribution in [3.63, 3.8) is 0 Å². The van der Waals surface area contributed by atoms with Crippen molar-refractivity contribution < 1.29 is 14.3 Å². The lowest BCUT2D eigenvalue weighted by atomic mass is 10.0. The van der Waals surface area contributed by atoms with Crippen molar-refractivity contribution >= 4 is 17.6 Å². The van der Waals surface area contributed by atoms with Gasteiger partial charge in [0.25, 0.3) is 0 Å². The van der Waals surface area contributed by atoms with Gasteiger partial charge in [-0.3, -0.25) is 4.79 Å². The van der Waals surface area contributed by atoms with Crippen LogP contribution in [0.5, 0.6) is 0 Å². The lowest BCUT2D eigenvalue weighted by Gasteiger charge is -2.15. The molecular formula is C15H22N2O3. The van der Waals surface area contributed by atoms with Gasteiger partial charge in [-0.25, -0.2) is 4.79 Å². The van der Waals surface area contributed by atoms with Crippen LogP contribution in [0.15, 0.2) is 24.3 Å². The summed E-state index contributed by atoms with van der Waals surface area (Å²) in [5, 5.41) is 2.72. The number of hydrogen-bond donors (Lipinski definition) is 2. The first kappa shape index (κ1) is 16.2. The number of carbonyl (C=O) groups excluding carboxylic acids is 2. The molecule has 3 N–H and O–H groups in total. The zero-order chi connectivity index (χ0) is 15.1. The largest absolute Gasteiger partial charge is 0.462 e. The number of anilines is 1. The first-order chi connectivity index (χ1) is 9.45. The van der Waals surface area contributed by atoms with Crippen LogP contribution in [0.1, 0.15) is 37.6 Å². The summed E-state index contributed by atoms with van der Waals surface area (Å²) in [6.45, 7) is 6.11. The highest BCUT2D eigenvalue weighted by molar-refractivity contribution is 5.95. The van der Waals surface area contributed by atoms with Gasteiger partial charge in [-0.05, 0) is 36.6 Å². The van der Waals surface area contributed by atoms with Crippen molar-refractivity contribution in [2.75, 3.05) is 11.9 Å². The molecule has 0 saturated carbocycles. The molecule has 1 atom stereocenters. The molecule has 0 aliphatic rings. The van der Waals surface area contributed by atoms with Gasteiger partial charge in [-0.1, -0.05) is 20.8 Å². The normalized spacial score (nSPS) is 12.1. The van der Waals surface area contributed by atoms with Gasteiger partial charge in [0.2, 0.25) is 5.91 Å². The summed E-state index contributed by atoms with van der Waals surface area (Å²) in [5.74, 6) is -0.525. The van der Waals surface area contributed by atoms with Crippen LogP contribution in [0.2, 0.25) is 0 Å². The lowest BCUT2D eigenvalue weighted by molar-refractivity contribution is -0.118. The molecule has 5 nitrogen and oxygen atoms in total. The number of nitrogens with two attached hydrogens (primary N) is 1. The van der Waals surface area contributed by atoms with Gasteiger partial charge in [-0.15, -0.1) is 0 Å². The molecule has 0 aliphatic carbocycles. The third kappa shape index (κ3) is 4.66. The monoisotopic (exact) mass is 278 g/mol. The van der Waals surface area contributed by atoms with Crippen molar-refractivity contribution in [1.29, 1.82) is 0 Å². The first-order valence-corrected chi connectivity index (χ1v) is 6.79. The summed E-state index contributed by atoms with van der Waals surface area (Å²) < 4.78 is 5.02. The van der Waals surface area contributed by atoms with Crippen LogP contribution in [0.4, 0.5) is 5.69 Å². The average molecular weight is 278 g/mol. The van der Waals surface area contributed by atoms with Crippen LogP contribution >= 0.6 is 0 Å². The van der Waals surface area contributed by atoms with E-state index in [4.69, 9.17) is 10.5 Å². The molecule has 0 heterocycles. The minimum Gasteiger partial charge on any atom is -0.462 e. The molecule has 0 aromatic heterocycles. The van der Waals surface area contributed by atoms with Crippen molar-refractivity contribution in [2.24, 2.45) is 11.7 Å². The summed E-state index contributed by atoms with van der Waals surface area (Å²) in [5.41, 5.74) is 6.83. The highest BCUT2D eigenvalue weighted by Crippen LogP contribution is 2.12. The topological polar surface area (TPSA) is 81.4 Å². The summed E-state index contributed by atoms with van der Waals surface area (Å²) in [4.78, 5) is 23.4. The maximum atomic E-state index is 11.8. The van der Waals surface area contributed by atoms with E-state index in [0.29, 0.717) is 17.9 Å². The quantitative estimate of drug-likeness (QED) is 0.781. The molecule has 0 radical (unpaired) electrons. The van der Waals surface area contributed by atoms with E-state index in [1.54, 1.807) is 24.3 Å². The molecule has 1 amide bonds. The summed E-state index contributed by atoms with van der Waals surface area (Å²) in [7, 11) is 0. The van der Waals surface area contributed by atoms with E-state index >= 15 is 0 Å². The summed E-state index contributed by atoms with van der Waals surface area (Å²) in [6.07, 6.45) is 0.785. The number of hydrogen-bond acceptors (Lipinski definition) is 4. The van der Waals surface area contributed by atoms with E-state index in [0.717, 1.165) is 6.42 Å². The van der Waals surface area contributed by atoms with Crippen LogP contribution in [0, 0.1) is 5.92 Å². The van der Waals surface area contributed by atoms with E-state index in [1.807, 2.05) is 20.8 Å². The summed E-state index contributed by atoms with van der Waals surface area (Å²) >= 11 is 0. The standard InChI is InChI=1S/C15H22N2O3/c1-4-9-20-15(19)11-5-7-12(8-6-11)17-14(18)13(16)10(2)3/h5-8,10,13H,4,9,16H2,1-3H3,(H,17,18)/t13-/m1/s1. The molecular weight excluding hydrogens is 256 g/mol. The van der Waals surface area contributed by atoms with Crippen molar-refractivity contribution in [3.05, 3.63) is 29.8 Å². The fourth-order valence-electron chi connectivity index (χ4n) is 1.50. The predicted octanol–water partition coefficient (Wildman–Crippen LogP) is 2.18. The smallest absolute Gasteiger partial charge is 0.338 e. The molecule has 0 bridgehead atoms. The minimum atomic E-state index is -0.552. The number of amides is 1. The van der Waals surface area contributed by atoms with Crippen LogP contribution in [0.3, 0.4) is 0 Å². The van der Waals surface area contributed by atoms with Gasteiger partial charge in [0.15, 0.2) is 0 Å². The first-order valence-electron chi connectivity index (χ1n) is 6.79. The van der Waals surface area contributed by atoms with Crippen molar-refractivity contribution in [1.82, 2.24) is 0 Å². The van der Waals surface area contributed by atoms with Crippen molar-refractivity contribution in [2.45, 2.75) is 33.2 Å². The minimum absolute atomic E-state index is 0.0679. The molecule has 1 rings (SSSR count). The molecule has 0 spiro atoms. The van der Waals surface area contributed by atoms with Gasteiger partial charge >= 0.3 is 5.97 Å². The van der Waals surface area contributed by atoms with E-state index in [2.05, 4.69) is 5.32 Å². The third-order valence-electron chi connectivity index (χ3n) is 2.85. The Morgan fingerprint density at radius 2 is 1.85 bits per heavy atom. The zero-order valence-corrected chi connectivity index (χ0v) is 12.2. The van der Waals surface area contributed by atoms with E-state index in [-0.39, 0.29) is 17.8 Å². The van der Waals surface area contributed by atoms with Gasteiger partial charge in [0.05, 0.1) is 18.2 Å². The Labute approximate surface area is 119 Å². The van der Waals surface area contributed by atoms with E-state index < -0.39 is 6.04 Å². The van der Waals surface area contributed by atoms with Gasteiger partial charge in [0.1, 0.15) is 0 Å². The van der Waals surface area contributed by atoms with Crippen LogP contribution in [0.25, 0.3) is 0 Å². The average Bonchev–Trinajstić information content (AvgIpc) is 2.44. The predicted molar refractivity (Wildman–Crippen MR) is 78.5 cm³/mol. The highest BCUT2D eigenvalue weighted by atomic mass is 16.5. The fraction of sp³-hybridized carbons (Fsp3) is 0.467. The van der Waals surface area contributed by atoms with E-state index in [9.17, 15) is 9.59 Å². The number of nitrogens with one attached hydrogen (secondary N) is 1. The number of rotatable bonds is 6. The number of benzene rings is 1. The molecule has 110 valence electrons. The molecule has 0 saturated heterocycles. The Bertz CT molecular complexity index is 455. The highest BCUT2D eigenvalue weighted by Gasteiger charge is 2.17. The molecule has 0 unspecified atom stereocenters. The molecule has 0 fully saturated rings. The Kier molecular flexibility index (Phi) is 6.18. The summed E-state index contributed by atoms with van der Waals surface area (Å²) in [6, 6.07) is 6.01. The molecule has 5 heteroatoms. The maximum absolute atomic E-state index is 11.8. The molecule has 20 heavy (non-hydrogen) atoms. The second-order valence-corrected chi connectivity index (χ2v) is 4.97.